The Bertz CT molecular complexity index is 701. The molecule has 1 aromatic carbocycles. The Labute approximate surface area is 137 Å². The Kier molecular flexibility index (Phi) is 5.65. The van der Waals surface area contributed by atoms with Crippen LogP contribution in [0.15, 0.2) is 41.3 Å². The van der Waals surface area contributed by atoms with Gasteiger partial charge in [0, 0.05) is 13.7 Å². The zero-order valence-electron chi connectivity index (χ0n) is 11.0. The van der Waals surface area contributed by atoms with Crippen LogP contribution in [-0.4, -0.2) is 22.1 Å². The summed E-state index contributed by atoms with van der Waals surface area (Å²) in [6.45, 7) is 0.104. The fraction of sp³-hybridized carbons (Fsp3) is 0.231. The Morgan fingerprint density at radius 2 is 1.95 bits per heavy atom. The van der Waals surface area contributed by atoms with Crippen molar-refractivity contribution in [3.8, 4) is 0 Å². The average Bonchev–Trinajstić information content (AvgIpc) is 2.80. The van der Waals surface area contributed by atoms with Crippen LogP contribution in [0.2, 0.25) is 8.67 Å². The monoisotopic (exact) mass is 365 g/mol. The zero-order valence-corrected chi connectivity index (χ0v) is 14.2. The lowest BCUT2D eigenvalue weighted by Gasteiger charge is -2.16. The van der Waals surface area contributed by atoms with Gasteiger partial charge in [0.2, 0.25) is 10.0 Å². The van der Waals surface area contributed by atoms with E-state index in [9.17, 15) is 8.42 Å². The predicted octanol–water partition coefficient (Wildman–Crippen LogP) is 3.72. The normalized spacial score (nSPS) is 13.3. The summed E-state index contributed by atoms with van der Waals surface area (Å²) in [5.41, 5.74) is 0.886. The van der Waals surface area contributed by atoms with Crippen molar-refractivity contribution in [3.05, 3.63) is 50.6 Å². The van der Waals surface area contributed by atoms with Crippen LogP contribution in [0.5, 0.6) is 0 Å². The molecule has 0 saturated heterocycles. The first kappa shape index (κ1) is 16.7. The molecule has 0 fully saturated rings. The molecule has 0 saturated carbocycles. The minimum atomic E-state index is -3.72. The topological polar surface area (TPSA) is 55.4 Å². The predicted molar refractivity (Wildman–Crippen MR) is 85.7 cm³/mol. The van der Waals surface area contributed by atoms with Crippen LogP contribution in [-0.2, 0) is 14.8 Å². The molecule has 0 bridgehead atoms. The van der Waals surface area contributed by atoms with Crippen LogP contribution in [0.4, 0.5) is 0 Å². The Balaban J connectivity index is 2.12. The largest absolute Gasteiger partial charge is 0.375 e. The fourth-order valence-electron chi connectivity index (χ4n) is 1.78. The summed E-state index contributed by atoms with van der Waals surface area (Å²) in [7, 11) is -2.19. The smallest absolute Gasteiger partial charge is 0.243 e. The van der Waals surface area contributed by atoms with Gasteiger partial charge in [-0.05, 0) is 11.6 Å². The number of hydrogen-bond acceptors (Lipinski definition) is 4. The second-order valence-electron chi connectivity index (χ2n) is 4.18. The van der Waals surface area contributed by atoms with Gasteiger partial charge in [0.1, 0.15) is 9.23 Å². The summed E-state index contributed by atoms with van der Waals surface area (Å²) in [5, 5.41) is 0. The molecule has 0 aliphatic rings. The molecule has 1 aromatic heterocycles. The van der Waals surface area contributed by atoms with E-state index in [1.54, 1.807) is 0 Å². The molecule has 0 aliphatic carbocycles. The Hall–Kier alpha value is -0.630. The molecular weight excluding hydrogens is 353 g/mol. The molecule has 1 heterocycles. The number of hydrogen-bond donors (Lipinski definition) is 1. The number of ether oxygens (including phenoxy) is 1. The van der Waals surface area contributed by atoms with E-state index in [-0.39, 0.29) is 21.9 Å². The van der Waals surface area contributed by atoms with Crippen molar-refractivity contribution in [2.45, 2.75) is 11.0 Å². The molecule has 4 nitrogen and oxygen atoms in total. The van der Waals surface area contributed by atoms with Crippen molar-refractivity contribution in [1.29, 1.82) is 0 Å². The Morgan fingerprint density at radius 1 is 1.29 bits per heavy atom. The van der Waals surface area contributed by atoms with Crippen LogP contribution in [0.3, 0.4) is 0 Å². The van der Waals surface area contributed by atoms with Gasteiger partial charge in [-0.25, -0.2) is 13.1 Å². The van der Waals surface area contributed by atoms with E-state index in [2.05, 4.69) is 4.72 Å². The molecule has 2 rings (SSSR count). The lowest BCUT2D eigenvalue weighted by atomic mass is 10.1. The van der Waals surface area contributed by atoms with Crippen LogP contribution in [0.1, 0.15) is 11.7 Å². The standard InChI is InChI=1S/C13H13Cl2NO3S2/c1-19-10(9-5-3-2-4-6-9)8-16-21(17,18)11-7-12(14)20-13(11)15/h2-7,10,16H,8H2,1H3. The van der Waals surface area contributed by atoms with Crippen molar-refractivity contribution in [2.24, 2.45) is 0 Å². The SMILES string of the molecule is COC(CNS(=O)(=O)c1cc(Cl)sc1Cl)c1ccccc1. The van der Waals surface area contributed by atoms with Gasteiger partial charge in [0.15, 0.2) is 0 Å². The van der Waals surface area contributed by atoms with Gasteiger partial charge in [-0.2, -0.15) is 0 Å². The molecule has 1 N–H and O–H groups in total. The van der Waals surface area contributed by atoms with Gasteiger partial charge >= 0.3 is 0 Å². The second-order valence-corrected chi connectivity index (χ2v) is 8.20. The van der Waals surface area contributed by atoms with Gasteiger partial charge in [-0.3, -0.25) is 0 Å². The summed E-state index contributed by atoms with van der Waals surface area (Å²) >= 11 is 12.7. The van der Waals surface area contributed by atoms with Crippen LogP contribution < -0.4 is 4.72 Å². The fourth-order valence-corrected chi connectivity index (χ4v) is 4.96. The lowest BCUT2D eigenvalue weighted by Crippen LogP contribution is -2.29. The maximum atomic E-state index is 12.2. The minimum absolute atomic E-state index is 0.0120. The van der Waals surface area contributed by atoms with Crippen molar-refractivity contribution in [3.63, 3.8) is 0 Å². The molecule has 21 heavy (non-hydrogen) atoms. The van der Waals surface area contributed by atoms with Crippen molar-refractivity contribution >= 4 is 44.6 Å². The van der Waals surface area contributed by atoms with Gasteiger partial charge in [-0.1, -0.05) is 53.5 Å². The van der Waals surface area contributed by atoms with E-state index in [1.807, 2.05) is 30.3 Å². The van der Waals surface area contributed by atoms with Gasteiger partial charge < -0.3 is 4.74 Å². The highest BCUT2D eigenvalue weighted by Crippen LogP contribution is 2.34. The highest BCUT2D eigenvalue weighted by atomic mass is 35.5. The molecule has 0 amide bonds. The minimum Gasteiger partial charge on any atom is -0.375 e. The average molecular weight is 366 g/mol. The molecule has 1 unspecified atom stereocenters. The van der Waals surface area contributed by atoms with E-state index in [4.69, 9.17) is 27.9 Å². The summed E-state index contributed by atoms with van der Waals surface area (Å²) in [5.74, 6) is 0. The maximum Gasteiger partial charge on any atom is 0.243 e. The summed E-state index contributed by atoms with van der Waals surface area (Å²) < 4.78 is 32.7. The van der Waals surface area contributed by atoms with Gasteiger partial charge in [0.05, 0.1) is 10.4 Å². The molecule has 8 heteroatoms. The van der Waals surface area contributed by atoms with Crippen molar-refractivity contribution in [1.82, 2.24) is 4.72 Å². The number of sulfonamides is 1. The molecule has 114 valence electrons. The molecule has 2 aromatic rings. The first-order valence-electron chi connectivity index (χ1n) is 5.96. The Morgan fingerprint density at radius 3 is 2.48 bits per heavy atom. The number of benzene rings is 1. The summed E-state index contributed by atoms with van der Waals surface area (Å²) in [6, 6.07) is 10.7. The van der Waals surface area contributed by atoms with Gasteiger partial charge in [-0.15, -0.1) is 11.3 Å². The third-order valence-electron chi connectivity index (χ3n) is 2.83. The summed E-state index contributed by atoms with van der Waals surface area (Å²) in [4.78, 5) is -0.0120. The number of rotatable bonds is 6. The number of halogens is 2. The van der Waals surface area contributed by atoms with Crippen LogP contribution in [0, 0.1) is 0 Å². The molecule has 0 aliphatic heterocycles. The van der Waals surface area contributed by atoms with E-state index >= 15 is 0 Å². The molecule has 0 radical (unpaired) electrons. The highest BCUT2D eigenvalue weighted by Gasteiger charge is 2.22. The first-order chi connectivity index (χ1) is 9.94. The summed E-state index contributed by atoms with van der Waals surface area (Å²) in [6.07, 6.45) is -0.381. The number of thiophene rings is 1. The lowest BCUT2D eigenvalue weighted by molar-refractivity contribution is 0.107. The third-order valence-corrected chi connectivity index (χ3v) is 6.01. The van der Waals surface area contributed by atoms with E-state index in [0.717, 1.165) is 16.9 Å². The molecular formula is C13H13Cl2NO3S2. The maximum absolute atomic E-state index is 12.2. The van der Waals surface area contributed by atoms with Crippen LogP contribution in [0.25, 0.3) is 0 Å². The first-order valence-corrected chi connectivity index (χ1v) is 9.02. The highest BCUT2D eigenvalue weighted by molar-refractivity contribution is 7.89. The molecule has 0 spiro atoms. The van der Waals surface area contributed by atoms with Crippen molar-refractivity contribution in [2.75, 3.05) is 13.7 Å². The number of nitrogens with one attached hydrogen (secondary N) is 1. The van der Waals surface area contributed by atoms with E-state index in [0.29, 0.717) is 4.34 Å². The van der Waals surface area contributed by atoms with E-state index < -0.39 is 10.0 Å². The van der Waals surface area contributed by atoms with E-state index in [1.165, 1.54) is 13.2 Å². The van der Waals surface area contributed by atoms with Crippen molar-refractivity contribution < 1.29 is 13.2 Å². The van der Waals surface area contributed by atoms with Crippen LogP contribution >= 0.6 is 34.5 Å². The second kappa shape index (κ2) is 7.09. The molecule has 1 atom stereocenters. The third kappa shape index (κ3) is 4.18. The quantitative estimate of drug-likeness (QED) is 0.848. The number of methoxy groups -OCH3 is 1. The zero-order chi connectivity index (χ0) is 15.5. The van der Waals surface area contributed by atoms with Gasteiger partial charge in [0.25, 0.3) is 0 Å².